The molecule has 0 atom stereocenters. The fourth-order valence-electron chi connectivity index (χ4n) is 3.81. The van der Waals surface area contributed by atoms with E-state index in [1.165, 1.54) is 13.8 Å². The number of hydrogen-bond acceptors (Lipinski definition) is 4. The molecule has 0 saturated carbocycles. The molecule has 3 aromatic rings. The predicted octanol–water partition coefficient (Wildman–Crippen LogP) is 5.06. The van der Waals surface area contributed by atoms with E-state index in [-0.39, 0.29) is 11.6 Å². The highest BCUT2D eigenvalue weighted by Gasteiger charge is 2.16. The van der Waals surface area contributed by atoms with E-state index in [2.05, 4.69) is 19.9 Å². The van der Waals surface area contributed by atoms with Gasteiger partial charge in [-0.05, 0) is 74.5 Å². The third-order valence-corrected chi connectivity index (χ3v) is 5.10. The van der Waals surface area contributed by atoms with Crippen LogP contribution in [0.1, 0.15) is 57.3 Å². The molecular weight excluding hydrogens is 376 g/mol. The van der Waals surface area contributed by atoms with E-state index in [1.54, 1.807) is 12.2 Å². The van der Waals surface area contributed by atoms with Crippen molar-refractivity contribution in [3.8, 4) is 0 Å². The SMILES string of the molecule is CC(=O)c1c2nc(c(C(C)=O)c3ccc(cc4nc(cc5ccc1[nH]5)C=C4)[nH]3)C=C2. The quantitative estimate of drug-likeness (QED) is 0.409. The van der Waals surface area contributed by atoms with Crippen molar-refractivity contribution in [1.82, 2.24) is 19.9 Å². The van der Waals surface area contributed by atoms with Gasteiger partial charge in [-0.2, -0.15) is 0 Å². The molecule has 0 unspecified atom stereocenters. The molecule has 0 radical (unpaired) electrons. The molecule has 8 bridgehead atoms. The summed E-state index contributed by atoms with van der Waals surface area (Å²) in [6.45, 7) is 3.03. The van der Waals surface area contributed by atoms with E-state index in [4.69, 9.17) is 0 Å². The topological polar surface area (TPSA) is 91.5 Å². The molecule has 6 nitrogen and oxygen atoms in total. The molecule has 5 heterocycles. The Morgan fingerprint density at radius 1 is 0.667 bits per heavy atom. The number of carbonyl (C=O) groups is 2. The Morgan fingerprint density at radius 3 is 1.57 bits per heavy atom. The number of nitrogens with zero attached hydrogens (tertiary/aromatic N) is 2. The van der Waals surface area contributed by atoms with Gasteiger partial charge in [-0.3, -0.25) is 9.59 Å². The number of carbonyl (C=O) groups excluding carboxylic acids is 2. The van der Waals surface area contributed by atoms with Crippen LogP contribution in [0, 0.1) is 0 Å². The second-order valence-electron chi connectivity index (χ2n) is 7.32. The molecule has 0 saturated heterocycles. The minimum atomic E-state index is -0.107. The van der Waals surface area contributed by atoms with E-state index >= 15 is 0 Å². The summed E-state index contributed by atoms with van der Waals surface area (Å²) in [6, 6.07) is 11.4. The molecule has 5 rings (SSSR count). The van der Waals surface area contributed by atoms with Crippen LogP contribution in [0.25, 0.3) is 46.4 Å². The lowest BCUT2D eigenvalue weighted by Crippen LogP contribution is -1.99. The van der Waals surface area contributed by atoms with Crippen molar-refractivity contribution in [2.45, 2.75) is 13.8 Å². The molecule has 30 heavy (non-hydrogen) atoms. The van der Waals surface area contributed by atoms with Gasteiger partial charge in [0.05, 0.1) is 44.9 Å². The zero-order valence-corrected chi connectivity index (χ0v) is 16.5. The minimum Gasteiger partial charge on any atom is -0.355 e. The average molecular weight is 394 g/mol. The van der Waals surface area contributed by atoms with Gasteiger partial charge in [-0.15, -0.1) is 0 Å². The van der Waals surface area contributed by atoms with Crippen molar-refractivity contribution in [3.63, 3.8) is 0 Å². The lowest BCUT2D eigenvalue weighted by Gasteiger charge is -1.98. The molecule has 0 spiro atoms. The van der Waals surface area contributed by atoms with Gasteiger partial charge in [0.2, 0.25) is 0 Å². The largest absolute Gasteiger partial charge is 0.355 e. The number of H-pyrrole nitrogens is 2. The van der Waals surface area contributed by atoms with Crippen LogP contribution < -0.4 is 0 Å². The smallest absolute Gasteiger partial charge is 0.164 e. The fraction of sp³-hybridized carbons (Fsp3) is 0.0833. The van der Waals surface area contributed by atoms with Gasteiger partial charge in [-0.1, -0.05) is 0 Å². The highest BCUT2D eigenvalue weighted by atomic mass is 16.1. The van der Waals surface area contributed by atoms with Crippen LogP contribution in [-0.4, -0.2) is 31.5 Å². The van der Waals surface area contributed by atoms with E-state index in [0.717, 1.165) is 22.4 Å². The van der Waals surface area contributed by atoms with Crippen molar-refractivity contribution < 1.29 is 9.59 Å². The second kappa shape index (κ2) is 6.77. The molecule has 0 aliphatic carbocycles. The molecule has 2 aliphatic rings. The Labute approximate surface area is 172 Å². The summed E-state index contributed by atoms with van der Waals surface area (Å²) in [5, 5.41) is 0. The number of nitrogens with one attached hydrogen (secondary N) is 2. The molecule has 0 aromatic carbocycles. The van der Waals surface area contributed by atoms with Crippen LogP contribution in [0.2, 0.25) is 0 Å². The molecule has 2 aliphatic heterocycles. The van der Waals surface area contributed by atoms with E-state index < -0.39 is 0 Å². The van der Waals surface area contributed by atoms with Crippen molar-refractivity contribution in [3.05, 3.63) is 70.3 Å². The standard InChI is InChI=1S/C24H18N4O2/c1-13(29)23-19-7-5-17(26-19)11-15-3-4-16(25-15)12-18-6-8-20(27-18)24(14(2)30)22-10-9-21(23)28-22/h3-12,26-27H,1-2H3. The lowest BCUT2D eigenvalue weighted by atomic mass is 10.1. The predicted molar refractivity (Wildman–Crippen MR) is 119 cm³/mol. The Kier molecular flexibility index (Phi) is 4.06. The van der Waals surface area contributed by atoms with Crippen LogP contribution >= 0.6 is 0 Å². The third-order valence-electron chi connectivity index (χ3n) is 5.10. The monoisotopic (exact) mass is 394 g/mol. The van der Waals surface area contributed by atoms with Crippen LogP contribution in [-0.2, 0) is 0 Å². The van der Waals surface area contributed by atoms with E-state index in [1.807, 2.05) is 48.6 Å². The molecular formula is C24H18N4O2. The first-order valence-electron chi connectivity index (χ1n) is 9.60. The zero-order valence-electron chi connectivity index (χ0n) is 16.5. The van der Waals surface area contributed by atoms with Crippen LogP contribution in [0.3, 0.4) is 0 Å². The summed E-state index contributed by atoms with van der Waals surface area (Å²) in [5.41, 5.74) is 6.67. The van der Waals surface area contributed by atoms with Gasteiger partial charge in [0.1, 0.15) is 0 Å². The number of aromatic amines is 2. The van der Waals surface area contributed by atoms with E-state index in [0.29, 0.717) is 33.5 Å². The number of fused-ring (bicyclic) bond motifs is 8. The first kappa shape index (κ1) is 18.0. The summed E-state index contributed by atoms with van der Waals surface area (Å²) in [6.07, 6.45) is 7.42. The number of aromatic nitrogens is 4. The normalized spacial score (nSPS) is 12.3. The Balaban J connectivity index is 1.97. The summed E-state index contributed by atoms with van der Waals surface area (Å²) in [4.78, 5) is 40.7. The first-order valence-corrected chi connectivity index (χ1v) is 9.60. The molecule has 3 aromatic heterocycles. The number of ketones is 2. The van der Waals surface area contributed by atoms with Gasteiger partial charge in [0, 0.05) is 11.0 Å². The van der Waals surface area contributed by atoms with E-state index in [9.17, 15) is 9.59 Å². The highest BCUT2D eigenvalue weighted by Crippen LogP contribution is 2.24. The first-order chi connectivity index (χ1) is 14.5. The van der Waals surface area contributed by atoms with Crippen LogP contribution in [0.5, 0.6) is 0 Å². The zero-order chi connectivity index (χ0) is 20.8. The summed E-state index contributed by atoms with van der Waals surface area (Å²) < 4.78 is 0. The van der Waals surface area contributed by atoms with Crippen LogP contribution in [0.4, 0.5) is 0 Å². The van der Waals surface area contributed by atoms with Crippen molar-refractivity contribution in [2.75, 3.05) is 0 Å². The average Bonchev–Trinajstić information content (AvgIpc) is 3.46. The summed E-state index contributed by atoms with van der Waals surface area (Å²) in [5.74, 6) is -0.215. The second-order valence-corrected chi connectivity index (χ2v) is 7.32. The number of rotatable bonds is 2. The Morgan fingerprint density at radius 2 is 1.13 bits per heavy atom. The molecule has 6 heteroatoms. The lowest BCUT2D eigenvalue weighted by molar-refractivity contribution is 0.101. The third kappa shape index (κ3) is 3.08. The van der Waals surface area contributed by atoms with Gasteiger partial charge >= 0.3 is 0 Å². The maximum atomic E-state index is 12.5. The Hall–Kier alpha value is -4.06. The van der Waals surface area contributed by atoms with Gasteiger partial charge in [0.15, 0.2) is 11.6 Å². The number of Topliss-reactive ketones (excluding diaryl/α,β-unsaturated/α-hetero) is 2. The maximum Gasteiger partial charge on any atom is 0.164 e. The summed E-state index contributed by atoms with van der Waals surface area (Å²) >= 11 is 0. The summed E-state index contributed by atoms with van der Waals surface area (Å²) in [7, 11) is 0. The molecule has 0 amide bonds. The molecule has 2 N–H and O–H groups in total. The van der Waals surface area contributed by atoms with Crippen molar-refractivity contribution in [2.24, 2.45) is 0 Å². The Bertz CT molecular complexity index is 1350. The maximum absolute atomic E-state index is 12.5. The molecule has 146 valence electrons. The van der Waals surface area contributed by atoms with Gasteiger partial charge < -0.3 is 9.97 Å². The highest BCUT2D eigenvalue weighted by molar-refractivity contribution is 6.07. The van der Waals surface area contributed by atoms with Crippen molar-refractivity contribution >= 4 is 57.9 Å². The van der Waals surface area contributed by atoms with Gasteiger partial charge in [0.25, 0.3) is 0 Å². The fourth-order valence-corrected chi connectivity index (χ4v) is 3.81. The van der Waals surface area contributed by atoms with Crippen molar-refractivity contribution in [1.29, 1.82) is 0 Å². The minimum absolute atomic E-state index is 0.107. The van der Waals surface area contributed by atoms with Gasteiger partial charge in [-0.25, -0.2) is 9.97 Å². The molecule has 0 fully saturated rings. The van der Waals surface area contributed by atoms with Crippen LogP contribution in [0.15, 0.2) is 36.4 Å². The number of hydrogen-bond donors (Lipinski definition) is 2.